The number of carbonyl (C=O) groups excluding carboxylic acids is 1. The van der Waals surface area contributed by atoms with Crippen molar-refractivity contribution in [2.24, 2.45) is 0 Å². The molecule has 1 aromatic carbocycles. The van der Waals surface area contributed by atoms with Gasteiger partial charge in [-0.1, -0.05) is 30.4 Å². The fourth-order valence-corrected chi connectivity index (χ4v) is 4.23. The number of fused-ring (bicyclic) bond motifs is 1. The van der Waals surface area contributed by atoms with E-state index in [0.29, 0.717) is 6.42 Å². The third kappa shape index (κ3) is 5.16. The summed E-state index contributed by atoms with van der Waals surface area (Å²) in [6.07, 6.45) is 2.40. The van der Waals surface area contributed by atoms with Gasteiger partial charge in [0.25, 0.3) is 0 Å². The summed E-state index contributed by atoms with van der Waals surface area (Å²) in [7, 11) is 0. The van der Waals surface area contributed by atoms with Crippen LogP contribution in [0.25, 0.3) is 10.2 Å². The van der Waals surface area contributed by atoms with Crippen molar-refractivity contribution in [1.82, 2.24) is 9.88 Å². The first-order chi connectivity index (χ1) is 12.2. The molecule has 2 heterocycles. The van der Waals surface area contributed by atoms with Crippen molar-refractivity contribution < 1.29 is 9.53 Å². The van der Waals surface area contributed by atoms with Crippen LogP contribution in [0.15, 0.2) is 18.2 Å². The van der Waals surface area contributed by atoms with Crippen molar-refractivity contribution in [3.05, 3.63) is 23.8 Å². The molecule has 144 valence electrons. The number of amides is 1. The highest BCUT2D eigenvalue weighted by atomic mass is 35.5. The molecule has 1 aliphatic heterocycles. The van der Waals surface area contributed by atoms with E-state index in [1.807, 2.05) is 11.8 Å². The normalized spacial score (nSPS) is 15.0. The van der Waals surface area contributed by atoms with Crippen molar-refractivity contribution in [3.8, 4) is 0 Å². The zero-order chi connectivity index (χ0) is 17.6. The lowest BCUT2D eigenvalue weighted by Gasteiger charge is -2.27. The summed E-state index contributed by atoms with van der Waals surface area (Å²) in [5, 5.41) is 0.838. The molecule has 0 bridgehead atoms. The molecule has 1 fully saturated rings. The van der Waals surface area contributed by atoms with Crippen molar-refractivity contribution in [2.45, 2.75) is 33.1 Å². The molecule has 1 saturated heterocycles. The summed E-state index contributed by atoms with van der Waals surface area (Å²) in [4.78, 5) is 21.7. The van der Waals surface area contributed by atoms with Gasteiger partial charge in [-0.3, -0.25) is 14.6 Å². The van der Waals surface area contributed by atoms with Gasteiger partial charge >= 0.3 is 0 Å². The Morgan fingerprint density at radius 2 is 2.12 bits per heavy atom. The SMILES string of the molecule is CCCC(=O)N(CCCN1CCOCC1)c1nc2c(C)cccc2s1.Cl. The number of hydrogen-bond donors (Lipinski definition) is 0. The van der Waals surface area contributed by atoms with Crippen LogP contribution in [0.4, 0.5) is 5.13 Å². The second kappa shape index (κ2) is 10.2. The number of para-hydroxylation sites is 1. The van der Waals surface area contributed by atoms with Crippen molar-refractivity contribution in [2.75, 3.05) is 44.3 Å². The highest BCUT2D eigenvalue weighted by Crippen LogP contribution is 2.31. The van der Waals surface area contributed by atoms with E-state index in [0.717, 1.165) is 73.1 Å². The molecule has 3 rings (SSSR count). The Kier molecular flexibility index (Phi) is 8.28. The Bertz CT molecular complexity index is 716. The number of benzene rings is 1. The molecular weight excluding hydrogens is 370 g/mol. The molecule has 0 N–H and O–H groups in total. The van der Waals surface area contributed by atoms with Gasteiger partial charge in [0.15, 0.2) is 5.13 Å². The average molecular weight is 398 g/mol. The second-order valence-electron chi connectivity index (χ2n) is 6.52. The molecule has 2 aromatic rings. The van der Waals surface area contributed by atoms with Crippen LogP contribution in [-0.4, -0.2) is 55.2 Å². The molecule has 0 aliphatic carbocycles. The minimum atomic E-state index is 0. The number of carbonyl (C=O) groups is 1. The third-order valence-corrected chi connectivity index (χ3v) is 5.61. The Labute approximate surface area is 165 Å². The number of rotatable bonds is 7. The summed E-state index contributed by atoms with van der Waals surface area (Å²) in [6.45, 7) is 9.46. The van der Waals surface area contributed by atoms with E-state index in [2.05, 4.69) is 30.0 Å². The van der Waals surface area contributed by atoms with Gasteiger partial charge < -0.3 is 4.74 Å². The van der Waals surface area contributed by atoms with Gasteiger partial charge in [0, 0.05) is 32.6 Å². The summed E-state index contributed by atoms with van der Waals surface area (Å²) in [5.41, 5.74) is 2.18. The first kappa shape index (κ1) is 21.1. The summed E-state index contributed by atoms with van der Waals surface area (Å²) >= 11 is 1.62. The van der Waals surface area contributed by atoms with Crippen LogP contribution < -0.4 is 4.90 Å². The van der Waals surface area contributed by atoms with Gasteiger partial charge in [0.2, 0.25) is 5.91 Å². The van der Waals surface area contributed by atoms with Gasteiger partial charge in [-0.15, -0.1) is 12.4 Å². The van der Waals surface area contributed by atoms with Crippen molar-refractivity contribution in [1.29, 1.82) is 0 Å². The molecular formula is C19H28ClN3O2S. The molecule has 1 aliphatic rings. The second-order valence-corrected chi connectivity index (χ2v) is 7.53. The van der Waals surface area contributed by atoms with Gasteiger partial charge in [-0.05, 0) is 31.4 Å². The van der Waals surface area contributed by atoms with E-state index < -0.39 is 0 Å². The molecule has 26 heavy (non-hydrogen) atoms. The summed E-state index contributed by atoms with van der Waals surface area (Å²) in [6, 6.07) is 6.21. The van der Waals surface area contributed by atoms with Crippen molar-refractivity contribution >= 4 is 45.0 Å². The van der Waals surface area contributed by atoms with Gasteiger partial charge in [0.1, 0.15) is 0 Å². The molecule has 7 heteroatoms. The van der Waals surface area contributed by atoms with Crippen LogP contribution in [-0.2, 0) is 9.53 Å². The smallest absolute Gasteiger partial charge is 0.228 e. The number of morpholine rings is 1. The predicted octanol–water partition coefficient (Wildman–Crippen LogP) is 3.88. The lowest BCUT2D eigenvalue weighted by atomic mass is 10.2. The quantitative estimate of drug-likeness (QED) is 0.711. The van der Waals surface area contributed by atoms with Crippen LogP contribution in [0.1, 0.15) is 31.7 Å². The number of nitrogens with zero attached hydrogens (tertiary/aromatic N) is 3. The largest absolute Gasteiger partial charge is 0.379 e. The highest BCUT2D eigenvalue weighted by Gasteiger charge is 2.20. The molecule has 0 unspecified atom stereocenters. The number of ether oxygens (including phenoxy) is 1. The minimum absolute atomic E-state index is 0. The molecule has 1 aromatic heterocycles. The van der Waals surface area contributed by atoms with E-state index in [1.54, 1.807) is 11.3 Å². The Hall–Kier alpha value is -1.21. The van der Waals surface area contributed by atoms with E-state index >= 15 is 0 Å². The maximum Gasteiger partial charge on any atom is 0.228 e. The number of aryl methyl sites for hydroxylation is 1. The molecule has 5 nitrogen and oxygen atoms in total. The number of aromatic nitrogens is 1. The van der Waals surface area contributed by atoms with Gasteiger partial charge in [0.05, 0.1) is 23.4 Å². The van der Waals surface area contributed by atoms with E-state index in [4.69, 9.17) is 9.72 Å². The summed E-state index contributed by atoms with van der Waals surface area (Å²) in [5.74, 6) is 0.182. The molecule has 0 saturated carbocycles. The lowest BCUT2D eigenvalue weighted by molar-refractivity contribution is -0.118. The summed E-state index contributed by atoms with van der Waals surface area (Å²) < 4.78 is 6.55. The first-order valence-corrected chi connectivity index (χ1v) is 9.97. The molecule has 0 atom stereocenters. The van der Waals surface area contributed by atoms with E-state index in [9.17, 15) is 4.79 Å². The van der Waals surface area contributed by atoms with Crippen LogP contribution in [0.2, 0.25) is 0 Å². The fraction of sp³-hybridized carbons (Fsp3) is 0.579. The van der Waals surface area contributed by atoms with Gasteiger partial charge in [-0.2, -0.15) is 0 Å². The Morgan fingerprint density at radius 3 is 2.81 bits per heavy atom. The standard InChI is InChI=1S/C19H27N3O2S.ClH/c1-3-6-17(23)22(10-5-9-21-11-13-24-14-12-21)19-20-18-15(2)7-4-8-16(18)25-19;/h4,7-8H,3,5-6,9-14H2,1-2H3;1H. The first-order valence-electron chi connectivity index (χ1n) is 9.15. The lowest BCUT2D eigenvalue weighted by Crippen LogP contribution is -2.39. The number of hydrogen-bond acceptors (Lipinski definition) is 5. The van der Waals surface area contributed by atoms with Crippen LogP contribution in [0, 0.1) is 6.92 Å². The molecule has 0 radical (unpaired) electrons. The van der Waals surface area contributed by atoms with Crippen molar-refractivity contribution in [3.63, 3.8) is 0 Å². The Morgan fingerprint density at radius 1 is 1.35 bits per heavy atom. The topological polar surface area (TPSA) is 45.7 Å². The van der Waals surface area contributed by atoms with Gasteiger partial charge in [-0.25, -0.2) is 4.98 Å². The monoisotopic (exact) mass is 397 g/mol. The zero-order valence-corrected chi connectivity index (χ0v) is 17.2. The molecule has 1 amide bonds. The maximum atomic E-state index is 12.6. The van der Waals surface area contributed by atoms with Crippen LogP contribution >= 0.6 is 23.7 Å². The third-order valence-electron chi connectivity index (χ3n) is 4.57. The zero-order valence-electron chi connectivity index (χ0n) is 15.6. The number of halogens is 1. The van der Waals surface area contributed by atoms with E-state index in [1.165, 1.54) is 0 Å². The predicted molar refractivity (Wildman–Crippen MR) is 111 cm³/mol. The average Bonchev–Trinajstić information content (AvgIpc) is 3.05. The number of thiazole rings is 1. The minimum Gasteiger partial charge on any atom is -0.379 e. The fourth-order valence-electron chi connectivity index (χ4n) is 3.14. The highest BCUT2D eigenvalue weighted by molar-refractivity contribution is 7.22. The molecule has 0 spiro atoms. The van der Waals surface area contributed by atoms with E-state index in [-0.39, 0.29) is 18.3 Å². The maximum absolute atomic E-state index is 12.6. The number of anilines is 1. The van der Waals surface area contributed by atoms with Crippen LogP contribution in [0.3, 0.4) is 0 Å². The Balaban J connectivity index is 0.00000243. The van der Waals surface area contributed by atoms with Crippen LogP contribution in [0.5, 0.6) is 0 Å².